The average Bonchev–Trinajstić information content (AvgIpc) is 2.96. The normalized spacial score (nSPS) is 20.2. The summed E-state index contributed by atoms with van der Waals surface area (Å²) in [7, 11) is 2.12. The fraction of sp³-hybridized carbons (Fsp3) is 0.452. The molecule has 0 spiro atoms. The molecular formula is C31H37F3N6O. The van der Waals surface area contributed by atoms with Crippen LogP contribution in [0.3, 0.4) is 0 Å². The van der Waals surface area contributed by atoms with Gasteiger partial charge in [0.05, 0.1) is 11.6 Å². The highest BCUT2D eigenvalue weighted by atomic mass is 19.4. The molecule has 10 heteroatoms. The van der Waals surface area contributed by atoms with E-state index in [0.717, 1.165) is 73.8 Å². The number of nitrogens with one attached hydrogen (secondary N) is 1. The Morgan fingerprint density at radius 2 is 1.78 bits per heavy atom. The van der Waals surface area contributed by atoms with Crippen LogP contribution in [0.2, 0.25) is 0 Å². The molecule has 2 unspecified atom stereocenters. The number of hydrogen-bond donors (Lipinski definition) is 1. The fourth-order valence-corrected chi connectivity index (χ4v) is 5.70. The number of benzene rings is 1. The third kappa shape index (κ3) is 6.64. The number of nitrogens with zero attached hydrogens (tertiary/aromatic N) is 5. The molecule has 41 heavy (non-hydrogen) atoms. The van der Waals surface area contributed by atoms with Crippen molar-refractivity contribution in [3.05, 3.63) is 71.5 Å². The van der Waals surface area contributed by atoms with Crippen LogP contribution in [0.4, 0.5) is 24.8 Å². The van der Waals surface area contributed by atoms with Crippen molar-refractivity contribution in [2.75, 3.05) is 56.5 Å². The number of piperazine rings is 1. The number of halogens is 3. The van der Waals surface area contributed by atoms with E-state index in [1.807, 2.05) is 48.4 Å². The van der Waals surface area contributed by atoms with Crippen LogP contribution >= 0.6 is 0 Å². The van der Waals surface area contributed by atoms with Crippen molar-refractivity contribution in [1.82, 2.24) is 19.8 Å². The second-order valence-corrected chi connectivity index (χ2v) is 11.2. The topological polar surface area (TPSA) is 64.6 Å². The SMILES string of the molecule is Cc1ccc(-c2ccc(N3CCN(C)CC3)nc2)c(C(=O)N2CCCC(C)C2CNc2ccc(C(F)(F)F)cn2)c1. The van der Waals surface area contributed by atoms with E-state index in [-0.39, 0.29) is 17.9 Å². The Hall–Kier alpha value is -3.66. The van der Waals surface area contributed by atoms with Crippen molar-refractivity contribution in [2.24, 2.45) is 5.92 Å². The summed E-state index contributed by atoms with van der Waals surface area (Å²) >= 11 is 0. The van der Waals surface area contributed by atoms with Gasteiger partial charge in [-0.15, -0.1) is 0 Å². The molecule has 2 aromatic heterocycles. The minimum atomic E-state index is -4.43. The van der Waals surface area contributed by atoms with Crippen molar-refractivity contribution >= 4 is 17.5 Å². The van der Waals surface area contributed by atoms with Crippen LogP contribution in [-0.2, 0) is 6.18 Å². The Balaban J connectivity index is 1.35. The smallest absolute Gasteiger partial charge is 0.368 e. The number of aryl methyl sites for hydroxylation is 1. The van der Waals surface area contributed by atoms with Gasteiger partial charge in [0.2, 0.25) is 0 Å². The summed E-state index contributed by atoms with van der Waals surface area (Å²) in [6.45, 7) is 8.97. The Morgan fingerprint density at radius 1 is 1.00 bits per heavy atom. The maximum absolute atomic E-state index is 14.1. The second kappa shape index (κ2) is 12.1. The summed E-state index contributed by atoms with van der Waals surface area (Å²) in [6.07, 6.45) is 0.110. The molecule has 0 saturated carbocycles. The lowest BCUT2D eigenvalue weighted by Crippen LogP contribution is -2.51. The molecule has 2 aliphatic heterocycles. The highest BCUT2D eigenvalue weighted by Gasteiger charge is 2.34. The number of hydrogen-bond acceptors (Lipinski definition) is 6. The molecule has 3 aromatic rings. The molecule has 5 rings (SSSR count). The quantitative estimate of drug-likeness (QED) is 0.421. The van der Waals surface area contributed by atoms with Crippen LogP contribution in [0, 0.1) is 12.8 Å². The monoisotopic (exact) mass is 566 g/mol. The first-order valence-electron chi connectivity index (χ1n) is 14.2. The molecule has 2 atom stereocenters. The van der Waals surface area contributed by atoms with Gasteiger partial charge in [0.1, 0.15) is 11.6 Å². The zero-order valence-electron chi connectivity index (χ0n) is 23.8. The lowest BCUT2D eigenvalue weighted by molar-refractivity contribution is -0.137. The summed E-state index contributed by atoms with van der Waals surface area (Å²) < 4.78 is 38.8. The van der Waals surface area contributed by atoms with Gasteiger partial charge in [0.25, 0.3) is 5.91 Å². The predicted molar refractivity (Wildman–Crippen MR) is 155 cm³/mol. The Kier molecular flexibility index (Phi) is 8.49. The number of carbonyl (C=O) groups is 1. The number of likely N-dealkylation sites (N-methyl/N-ethyl adjacent to an activating group) is 1. The number of carbonyl (C=O) groups excluding carboxylic acids is 1. The van der Waals surface area contributed by atoms with Crippen LogP contribution in [0.5, 0.6) is 0 Å². The van der Waals surface area contributed by atoms with Crippen LogP contribution in [-0.4, -0.2) is 78.0 Å². The molecule has 1 aromatic carbocycles. The van der Waals surface area contributed by atoms with E-state index in [9.17, 15) is 18.0 Å². The van der Waals surface area contributed by atoms with Gasteiger partial charge in [-0.3, -0.25) is 4.79 Å². The van der Waals surface area contributed by atoms with E-state index in [1.54, 1.807) is 0 Å². The van der Waals surface area contributed by atoms with Gasteiger partial charge in [-0.25, -0.2) is 9.97 Å². The number of piperidine rings is 1. The van der Waals surface area contributed by atoms with Crippen LogP contribution in [0.25, 0.3) is 11.1 Å². The summed E-state index contributed by atoms with van der Waals surface area (Å²) in [5.41, 5.74) is 2.56. The van der Waals surface area contributed by atoms with Crippen LogP contribution < -0.4 is 10.2 Å². The van der Waals surface area contributed by atoms with E-state index in [1.165, 1.54) is 6.07 Å². The molecule has 7 nitrogen and oxygen atoms in total. The molecule has 4 heterocycles. The lowest BCUT2D eigenvalue weighted by Gasteiger charge is -2.40. The number of amides is 1. The minimum Gasteiger partial charge on any atom is -0.368 e. The number of alkyl halides is 3. The van der Waals surface area contributed by atoms with Gasteiger partial charge in [-0.05, 0) is 68.6 Å². The number of aromatic nitrogens is 2. The minimum absolute atomic E-state index is 0.0504. The largest absolute Gasteiger partial charge is 0.417 e. The molecule has 1 N–H and O–H groups in total. The molecule has 218 valence electrons. The highest BCUT2D eigenvalue weighted by Crippen LogP contribution is 2.32. The van der Waals surface area contributed by atoms with Gasteiger partial charge in [-0.1, -0.05) is 24.6 Å². The Morgan fingerprint density at radius 3 is 2.44 bits per heavy atom. The van der Waals surface area contributed by atoms with Gasteiger partial charge < -0.3 is 20.0 Å². The zero-order valence-corrected chi connectivity index (χ0v) is 23.8. The first-order valence-corrected chi connectivity index (χ1v) is 14.2. The molecule has 0 radical (unpaired) electrons. The maximum atomic E-state index is 14.1. The molecule has 2 fully saturated rings. The predicted octanol–water partition coefficient (Wildman–Crippen LogP) is 5.58. The summed E-state index contributed by atoms with van der Waals surface area (Å²) in [4.78, 5) is 29.3. The van der Waals surface area contributed by atoms with Gasteiger partial charge in [0, 0.05) is 62.8 Å². The third-order valence-electron chi connectivity index (χ3n) is 8.25. The highest BCUT2D eigenvalue weighted by molar-refractivity contribution is 6.01. The van der Waals surface area contributed by atoms with Gasteiger partial charge in [0.15, 0.2) is 0 Å². The molecule has 1 amide bonds. The summed E-state index contributed by atoms with van der Waals surface area (Å²) in [6, 6.07) is 12.2. The molecule has 0 bridgehead atoms. The molecule has 2 saturated heterocycles. The fourth-order valence-electron chi connectivity index (χ4n) is 5.70. The number of rotatable bonds is 6. The standard InChI is InChI=1S/C31H37F3N6O/c1-21-6-9-25(23-7-11-29(37-18-23)39-15-13-38(3)14-16-39)26(17-21)30(41)40-12-4-5-22(2)27(40)20-36-28-10-8-24(19-35-28)31(32,33)34/h6-11,17-19,22,27H,4-5,12-16,20H2,1-3H3,(H,35,36). The van der Waals surface area contributed by atoms with E-state index >= 15 is 0 Å². The number of pyridine rings is 2. The first-order chi connectivity index (χ1) is 19.6. The maximum Gasteiger partial charge on any atom is 0.417 e. The first kappa shape index (κ1) is 28.9. The number of likely N-dealkylation sites (tertiary alicyclic amines) is 1. The van der Waals surface area contributed by atoms with Crippen LogP contribution in [0.15, 0.2) is 54.9 Å². The van der Waals surface area contributed by atoms with Crippen molar-refractivity contribution in [2.45, 2.75) is 38.9 Å². The zero-order chi connectivity index (χ0) is 29.1. The third-order valence-corrected chi connectivity index (χ3v) is 8.25. The molecule has 2 aliphatic rings. The van der Waals surface area contributed by atoms with E-state index in [4.69, 9.17) is 4.98 Å². The van der Waals surface area contributed by atoms with Gasteiger partial charge in [-0.2, -0.15) is 13.2 Å². The van der Waals surface area contributed by atoms with Crippen molar-refractivity contribution < 1.29 is 18.0 Å². The molecule has 0 aliphatic carbocycles. The van der Waals surface area contributed by atoms with Crippen molar-refractivity contribution in [3.8, 4) is 11.1 Å². The molecular weight excluding hydrogens is 529 g/mol. The van der Waals surface area contributed by atoms with E-state index in [2.05, 4.69) is 34.1 Å². The van der Waals surface area contributed by atoms with Crippen LogP contribution in [0.1, 0.15) is 41.3 Å². The number of anilines is 2. The summed E-state index contributed by atoms with van der Waals surface area (Å²) in [5.74, 6) is 1.46. The summed E-state index contributed by atoms with van der Waals surface area (Å²) in [5, 5.41) is 3.17. The second-order valence-electron chi connectivity index (χ2n) is 11.2. The van der Waals surface area contributed by atoms with Crippen molar-refractivity contribution in [1.29, 1.82) is 0 Å². The lowest BCUT2D eigenvalue weighted by atomic mass is 9.89. The Labute approximate surface area is 239 Å². The van der Waals surface area contributed by atoms with Crippen molar-refractivity contribution in [3.63, 3.8) is 0 Å². The van der Waals surface area contributed by atoms with E-state index in [0.29, 0.717) is 24.5 Å². The Bertz CT molecular complexity index is 1340. The van der Waals surface area contributed by atoms with Gasteiger partial charge >= 0.3 is 6.18 Å². The average molecular weight is 567 g/mol. The van der Waals surface area contributed by atoms with E-state index < -0.39 is 11.7 Å².